The summed E-state index contributed by atoms with van der Waals surface area (Å²) in [6.07, 6.45) is 0.499. The van der Waals surface area contributed by atoms with Gasteiger partial charge in [-0.3, -0.25) is 4.90 Å². The van der Waals surface area contributed by atoms with Crippen LogP contribution >= 0.6 is 0 Å². The molecule has 5 heteroatoms. The molecule has 0 amide bonds. The lowest BCUT2D eigenvalue weighted by atomic mass is 10.4. The molecule has 0 fully saturated rings. The molecule has 0 rings (SSSR count). The van der Waals surface area contributed by atoms with Crippen LogP contribution < -0.4 is 0 Å². The quantitative estimate of drug-likeness (QED) is 0.604. The Morgan fingerprint density at radius 2 is 2.00 bits per heavy atom. The molecule has 0 N–H and O–H groups in total. The van der Waals surface area contributed by atoms with Crippen molar-refractivity contribution in [2.45, 2.75) is 19.5 Å². The SMILES string of the molecule is CCC(N=S(=O)=O)N(C)C. The molecule has 1 unspecified atom stereocenters. The zero-order valence-corrected chi connectivity index (χ0v) is 7.22. The summed E-state index contributed by atoms with van der Waals surface area (Å²) >= 11 is 0. The molecule has 60 valence electrons. The molecular formula is C5H12N2O2S. The summed E-state index contributed by atoms with van der Waals surface area (Å²) in [5.41, 5.74) is 0. The Bertz CT molecular complexity index is 200. The maximum atomic E-state index is 10.1. The average molecular weight is 164 g/mol. The fraction of sp³-hybridized carbons (Fsp3) is 1.00. The first-order valence-electron chi connectivity index (χ1n) is 3.04. The molecule has 0 saturated heterocycles. The summed E-state index contributed by atoms with van der Waals surface area (Å²) in [7, 11) is 1.31. The Morgan fingerprint density at radius 1 is 1.50 bits per heavy atom. The first-order valence-corrected chi connectivity index (χ1v) is 4.07. The monoisotopic (exact) mass is 164 g/mol. The van der Waals surface area contributed by atoms with Crippen LogP contribution in [0.5, 0.6) is 0 Å². The van der Waals surface area contributed by atoms with Crippen LogP contribution in [0.1, 0.15) is 13.3 Å². The lowest BCUT2D eigenvalue weighted by Gasteiger charge is -2.15. The highest BCUT2D eigenvalue weighted by molar-refractivity contribution is 7.61. The molecule has 0 aliphatic heterocycles. The summed E-state index contributed by atoms with van der Waals surface area (Å²) in [6.45, 7) is 1.89. The van der Waals surface area contributed by atoms with Gasteiger partial charge in [-0.1, -0.05) is 6.92 Å². The number of hydrogen-bond acceptors (Lipinski definition) is 4. The van der Waals surface area contributed by atoms with Crippen molar-refractivity contribution in [2.24, 2.45) is 4.36 Å². The van der Waals surface area contributed by atoms with Gasteiger partial charge in [0.1, 0.15) is 6.17 Å². The van der Waals surface area contributed by atoms with Crippen molar-refractivity contribution in [1.29, 1.82) is 0 Å². The molecule has 0 aromatic carbocycles. The van der Waals surface area contributed by atoms with Gasteiger partial charge in [-0.25, -0.2) is 0 Å². The van der Waals surface area contributed by atoms with Crippen molar-refractivity contribution in [3.05, 3.63) is 0 Å². The van der Waals surface area contributed by atoms with Gasteiger partial charge in [0.05, 0.1) is 0 Å². The zero-order chi connectivity index (χ0) is 8.15. The van der Waals surface area contributed by atoms with Crippen LogP contribution in [0.2, 0.25) is 0 Å². The predicted molar refractivity (Wildman–Crippen MR) is 39.1 cm³/mol. The summed E-state index contributed by atoms with van der Waals surface area (Å²) in [6, 6.07) is 0. The maximum Gasteiger partial charge on any atom is 0.312 e. The van der Waals surface area contributed by atoms with E-state index in [4.69, 9.17) is 0 Å². The van der Waals surface area contributed by atoms with Gasteiger partial charge in [0.25, 0.3) is 0 Å². The van der Waals surface area contributed by atoms with E-state index >= 15 is 0 Å². The van der Waals surface area contributed by atoms with E-state index in [1.54, 1.807) is 19.0 Å². The highest BCUT2D eigenvalue weighted by Crippen LogP contribution is 1.98. The normalized spacial score (nSPS) is 13.2. The largest absolute Gasteiger partial charge is 0.312 e. The zero-order valence-electron chi connectivity index (χ0n) is 6.40. The van der Waals surface area contributed by atoms with Crippen LogP contribution in [0.15, 0.2) is 4.36 Å². The average Bonchev–Trinajstić information content (AvgIpc) is 1.81. The van der Waals surface area contributed by atoms with E-state index in [-0.39, 0.29) is 6.17 Å². The molecular weight excluding hydrogens is 152 g/mol. The third kappa shape index (κ3) is 3.58. The molecule has 0 spiro atoms. The smallest absolute Gasteiger partial charge is 0.287 e. The minimum Gasteiger partial charge on any atom is -0.287 e. The fourth-order valence-corrected chi connectivity index (χ4v) is 1.17. The minimum absolute atomic E-state index is 0.210. The van der Waals surface area contributed by atoms with E-state index in [9.17, 15) is 8.42 Å². The van der Waals surface area contributed by atoms with Gasteiger partial charge < -0.3 is 0 Å². The first kappa shape index (κ1) is 9.58. The molecule has 0 radical (unpaired) electrons. The summed E-state index contributed by atoms with van der Waals surface area (Å²) in [4.78, 5) is 1.76. The van der Waals surface area contributed by atoms with Gasteiger partial charge in [-0.2, -0.15) is 12.8 Å². The molecule has 0 heterocycles. The van der Waals surface area contributed by atoms with Crippen LogP contribution in [0.4, 0.5) is 0 Å². The van der Waals surface area contributed by atoms with E-state index in [0.29, 0.717) is 6.42 Å². The van der Waals surface area contributed by atoms with Crippen LogP contribution in [0.3, 0.4) is 0 Å². The molecule has 0 aliphatic carbocycles. The Balaban J connectivity index is 4.24. The van der Waals surface area contributed by atoms with Gasteiger partial charge in [0, 0.05) is 0 Å². The van der Waals surface area contributed by atoms with Crippen molar-refractivity contribution in [1.82, 2.24) is 4.90 Å². The summed E-state index contributed by atoms with van der Waals surface area (Å²) in [5.74, 6) is 0. The predicted octanol–water partition coefficient (Wildman–Crippen LogP) is 0.347. The Hall–Kier alpha value is -0.420. The molecule has 4 nitrogen and oxygen atoms in total. The van der Waals surface area contributed by atoms with E-state index in [0.717, 1.165) is 0 Å². The minimum atomic E-state index is -2.28. The van der Waals surface area contributed by atoms with Crippen LogP contribution in [-0.2, 0) is 10.5 Å². The highest BCUT2D eigenvalue weighted by atomic mass is 32.2. The molecule has 0 aromatic rings. The second kappa shape index (κ2) is 4.40. The second-order valence-corrected chi connectivity index (χ2v) is 2.82. The number of hydrogen-bond donors (Lipinski definition) is 0. The highest BCUT2D eigenvalue weighted by Gasteiger charge is 2.05. The van der Waals surface area contributed by atoms with Crippen molar-refractivity contribution in [3.63, 3.8) is 0 Å². The van der Waals surface area contributed by atoms with Gasteiger partial charge in [0.2, 0.25) is 0 Å². The Kier molecular flexibility index (Phi) is 4.22. The molecule has 0 aromatic heterocycles. The maximum absolute atomic E-state index is 10.1. The van der Waals surface area contributed by atoms with E-state index in [1.807, 2.05) is 6.92 Å². The van der Waals surface area contributed by atoms with Crippen molar-refractivity contribution in [2.75, 3.05) is 14.1 Å². The Labute approximate surface area is 62.6 Å². The molecule has 1 atom stereocenters. The standard InChI is InChI=1S/C5H12N2O2S/c1-4-5(7(2)3)6-10(8)9/h5H,4H2,1-3H3. The lowest BCUT2D eigenvalue weighted by Crippen LogP contribution is -2.24. The van der Waals surface area contributed by atoms with Gasteiger partial charge in [-0.15, -0.1) is 0 Å². The molecule has 10 heavy (non-hydrogen) atoms. The summed E-state index contributed by atoms with van der Waals surface area (Å²) in [5, 5.41) is 0. The van der Waals surface area contributed by atoms with Crippen molar-refractivity contribution >= 4 is 10.5 Å². The fourth-order valence-electron chi connectivity index (χ4n) is 0.633. The van der Waals surface area contributed by atoms with E-state index in [1.165, 1.54) is 0 Å². The van der Waals surface area contributed by atoms with E-state index < -0.39 is 10.5 Å². The van der Waals surface area contributed by atoms with Crippen molar-refractivity contribution in [3.8, 4) is 0 Å². The summed E-state index contributed by atoms with van der Waals surface area (Å²) < 4.78 is 23.6. The lowest BCUT2D eigenvalue weighted by molar-refractivity contribution is 0.297. The van der Waals surface area contributed by atoms with Gasteiger partial charge in [0.15, 0.2) is 0 Å². The first-order chi connectivity index (χ1) is 4.57. The molecule has 0 aliphatic rings. The van der Waals surface area contributed by atoms with Crippen LogP contribution in [-0.4, -0.2) is 33.6 Å². The molecule has 0 saturated carbocycles. The third-order valence-corrected chi connectivity index (χ3v) is 1.58. The Morgan fingerprint density at radius 3 is 2.10 bits per heavy atom. The molecule has 0 bridgehead atoms. The van der Waals surface area contributed by atoms with Crippen LogP contribution in [0, 0.1) is 0 Å². The number of nitrogens with zero attached hydrogens (tertiary/aromatic N) is 2. The van der Waals surface area contributed by atoms with Crippen molar-refractivity contribution < 1.29 is 8.42 Å². The van der Waals surface area contributed by atoms with Gasteiger partial charge in [-0.05, 0) is 20.5 Å². The topological polar surface area (TPSA) is 49.7 Å². The van der Waals surface area contributed by atoms with Crippen LogP contribution in [0.25, 0.3) is 0 Å². The second-order valence-electron chi connectivity index (χ2n) is 2.17. The van der Waals surface area contributed by atoms with Gasteiger partial charge >= 0.3 is 10.5 Å². The third-order valence-electron chi connectivity index (χ3n) is 1.17. The number of rotatable bonds is 3. The van der Waals surface area contributed by atoms with E-state index in [2.05, 4.69) is 4.36 Å².